The van der Waals surface area contributed by atoms with E-state index in [0.29, 0.717) is 10.8 Å². The molecule has 0 saturated heterocycles. The summed E-state index contributed by atoms with van der Waals surface area (Å²) in [5.74, 6) is 0.697. The Morgan fingerprint density at radius 1 is 1.50 bits per heavy atom. The smallest absolute Gasteiger partial charge is 0.137 e. The predicted octanol–water partition coefficient (Wildman–Crippen LogP) is 2.89. The van der Waals surface area contributed by atoms with Crippen LogP contribution < -0.4 is 15.8 Å². The van der Waals surface area contributed by atoms with Gasteiger partial charge in [0.1, 0.15) is 5.75 Å². The zero-order chi connectivity index (χ0) is 12.0. The number of nitrogens with two attached hydrogens (primary N) is 1. The van der Waals surface area contributed by atoms with Gasteiger partial charge in [-0.05, 0) is 38.0 Å². The molecule has 0 bridgehead atoms. The Hall–Kier alpha value is -0.930. The summed E-state index contributed by atoms with van der Waals surface area (Å²) in [7, 11) is 1.61. The van der Waals surface area contributed by atoms with Gasteiger partial charge in [-0.15, -0.1) is 0 Å². The number of benzene rings is 1. The van der Waals surface area contributed by atoms with Crippen LogP contribution in [0, 0.1) is 0 Å². The first-order valence-corrected chi connectivity index (χ1v) is 5.84. The number of methoxy groups -OCH3 is 1. The lowest BCUT2D eigenvalue weighted by Gasteiger charge is -2.09. The van der Waals surface area contributed by atoms with Crippen LogP contribution in [0.1, 0.15) is 19.8 Å². The monoisotopic (exact) mass is 242 g/mol. The van der Waals surface area contributed by atoms with Crippen LogP contribution in [0.4, 0.5) is 5.69 Å². The highest BCUT2D eigenvalue weighted by atomic mass is 35.5. The molecular weight excluding hydrogens is 224 g/mol. The molecule has 1 rings (SSSR count). The highest BCUT2D eigenvalue weighted by Gasteiger charge is 2.01. The molecule has 1 atom stereocenters. The summed E-state index contributed by atoms with van der Waals surface area (Å²) in [6, 6.07) is 5.94. The number of hydrogen-bond acceptors (Lipinski definition) is 3. The molecule has 0 spiro atoms. The first-order valence-electron chi connectivity index (χ1n) is 5.46. The lowest BCUT2D eigenvalue weighted by atomic mass is 10.2. The van der Waals surface area contributed by atoms with Crippen LogP contribution in [0.25, 0.3) is 0 Å². The number of rotatable bonds is 6. The van der Waals surface area contributed by atoms with Gasteiger partial charge in [0.15, 0.2) is 0 Å². The molecule has 3 nitrogen and oxygen atoms in total. The molecule has 0 aliphatic carbocycles. The highest BCUT2D eigenvalue weighted by Crippen LogP contribution is 2.27. The van der Waals surface area contributed by atoms with Gasteiger partial charge in [-0.2, -0.15) is 0 Å². The second-order valence-electron chi connectivity index (χ2n) is 3.90. The highest BCUT2D eigenvalue weighted by molar-refractivity contribution is 6.32. The molecule has 3 N–H and O–H groups in total. The van der Waals surface area contributed by atoms with Gasteiger partial charge in [-0.3, -0.25) is 0 Å². The minimum Gasteiger partial charge on any atom is -0.495 e. The molecule has 0 heterocycles. The Morgan fingerprint density at radius 2 is 2.25 bits per heavy atom. The van der Waals surface area contributed by atoms with Crippen LogP contribution in [-0.4, -0.2) is 19.7 Å². The summed E-state index contributed by atoms with van der Waals surface area (Å²) in [5.41, 5.74) is 6.68. The predicted molar refractivity (Wildman–Crippen MR) is 69.4 cm³/mol. The van der Waals surface area contributed by atoms with Gasteiger partial charge in [-0.25, -0.2) is 0 Å². The molecule has 1 aromatic rings. The van der Waals surface area contributed by atoms with E-state index in [-0.39, 0.29) is 6.04 Å². The molecule has 16 heavy (non-hydrogen) atoms. The van der Waals surface area contributed by atoms with Crippen molar-refractivity contribution < 1.29 is 4.74 Å². The Labute approximate surface area is 102 Å². The minimum absolute atomic E-state index is 0.265. The molecule has 0 fully saturated rings. The van der Waals surface area contributed by atoms with Crippen LogP contribution in [0.15, 0.2) is 18.2 Å². The van der Waals surface area contributed by atoms with Crippen molar-refractivity contribution in [3.63, 3.8) is 0 Å². The van der Waals surface area contributed by atoms with Crippen LogP contribution in [-0.2, 0) is 0 Å². The molecule has 0 aromatic heterocycles. The van der Waals surface area contributed by atoms with E-state index in [1.807, 2.05) is 25.1 Å². The molecule has 0 aliphatic heterocycles. The van der Waals surface area contributed by atoms with Crippen LogP contribution in [0.3, 0.4) is 0 Å². The fourth-order valence-electron chi connectivity index (χ4n) is 1.43. The van der Waals surface area contributed by atoms with Crippen LogP contribution in [0.2, 0.25) is 5.02 Å². The standard InChI is InChI=1S/C12H19ClN2O/c1-9(14)4-3-7-15-10-5-6-12(16-2)11(13)8-10/h5-6,8-9,15H,3-4,7,14H2,1-2H3. The van der Waals surface area contributed by atoms with Crippen molar-refractivity contribution in [2.24, 2.45) is 5.73 Å². The maximum atomic E-state index is 6.01. The molecule has 0 radical (unpaired) electrons. The van der Waals surface area contributed by atoms with Gasteiger partial charge in [0.25, 0.3) is 0 Å². The zero-order valence-electron chi connectivity index (χ0n) is 9.79. The summed E-state index contributed by atoms with van der Waals surface area (Å²) < 4.78 is 5.08. The molecular formula is C12H19ClN2O. The van der Waals surface area contributed by atoms with Crippen LogP contribution >= 0.6 is 11.6 Å². The van der Waals surface area contributed by atoms with E-state index >= 15 is 0 Å². The SMILES string of the molecule is COc1ccc(NCCCC(C)N)cc1Cl. The largest absolute Gasteiger partial charge is 0.495 e. The second kappa shape index (κ2) is 6.61. The number of ether oxygens (including phenoxy) is 1. The third kappa shape index (κ3) is 4.29. The molecule has 90 valence electrons. The zero-order valence-corrected chi connectivity index (χ0v) is 10.6. The van der Waals surface area contributed by atoms with Crippen molar-refractivity contribution in [1.82, 2.24) is 0 Å². The third-order valence-electron chi connectivity index (χ3n) is 2.32. The topological polar surface area (TPSA) is 47.3 Å². The summed E-state index contributed by atoms with van der Waals surface area (Å²) in [6.45, 7) is 2.93. The first-order chi connectivity index (χ1) is 7.63. The quantitative estimate of drug-likeness (QED) is 0.754. The minimum atomic E-state index is 0.265. The molecule has 4 heteroatoms. The second-order valence-corrected chi connectivity index (χ2v) is 4.30. The summed E-state index contributed by atoms with van der Waals surface area (Å²) >= 11 is 6.01. The van der Waals surface area contributed by atoms with Gasteiger partial charge in [0.2, 0.25) is 0 Å². The van der Waals surface area contributed by atoms with Crippen molar-refractivity contribution >= 4 is 17.3 Å². The summed E-state index contributed by atoms with van der Waals surface area (Å²) in [6.07, 6.45) is 2.08. The van der Waals surface area contributed by atoms with Gasteiger partial charge >= 0.3 is 0 Å². The van der Waals surface area contributed by atoms with E-state index in [2.05, 4.69) is 5.32 Å². The number of halogens is 1. The van der Waals surface area contributed by atoms with Crippen molar-refractivity contribution in [1.29, 1.82) is 0 Å². The lowest BCUT2D eigenvalue weighted by molar-refractivity contribution is 0.415. The average molecular weight is 243 g/mol. The van der Waals surface area contributed by atoms with Gasteiger partial charge in [0.05, 0.1) is 12.1 Å². The Kier molecular flexibility index (Phi) is 5.43. The van der Waals surface area contributed by atoms with Crippen molar-refractivity contribution in [3.05, 3.63) is 23.2 Å². The number of anilines is 1. The van der Waals surface area contributed by atoms with Crippen LogP contribution in [0.5, 0.6) is 5.75 Å². The van der Waals surface area contributed by atoms with Gasteiger partial charge < -0.3 is 15.8 Å². The average Bonchev–Trinajstić information content (AvgIpc) is 2.24. The van der Waals surface area contributed by atoms with Gasteiger partial charge in [0, 0.05) is 18.3 Å². The molecule has 1 aromatic carbocycles. The van der Waals surface area contributed by atoms with Crippen molar-refractivity contribution in [2.75, 3.05) is 19.0 Å². The number of nitrogens with one attached hydrogen (secondary N) is 1. The van der Waals surface area contributed by atoms with E-state index < -0.39 is 0 Å². The van der Waals surface area contributed by atoms with E-state index in [1.54, 1.807) is 7.11 Å². The first kappa shape index (κ1) is 13.1. The molecule has 0 amide bonds. The summed E-state index contributed by atoms with van der Waals surface area (Å²) in [5, 5.41) is 3.92. The van der Waals surface area contributed by atoms with E-state index in [1.165, 1.54) is 0 Å². The molecule has 0 saturated carbocycles. The Bertz CT molecular complexity index is 329. The van der Waals surface area contributed by atoms with Crippen molar-refractivity contribution in [3.8, 4) is 5.75 Å². The fraction of sp³-hybridized carbons (Fsp3) is 0.500. The lowest BCUT2D eigenvalue weighted by Crippen LogP contribution is -2.16. The summed E-state index contributed by atoms with van der Waals surface area (Å²) in [4.78, 5) is 0. The third-order valence-corrected chi connectivity index (χ3v) is 2.61. The normalized spacial score (nSPS) is 12.2. The molecule has 0 aliphatic rings. The Morgan fingerprint density at radius 3 is 2.81 bits per heavy atom. The fourth-order valence-corrected chi connectivity index (χ4v) is 1.69. The van der Waals surface area contributed by atoms with Crippen molar-refractivity contribution in [2.45, 2.75) is 25.8 Å². The van der Waals surface area contributed by atoms with E-state index in [4.69, 9.17) is 22.1 Å². The molecule has 1 unspecified atom stereocenters. The number of hydrogen-bond donors (Lipinski definition) is 2. The Balaban J connectivity index is 2.40. The maximum absolute atomic E-state index is 6.01. The van der Waals surface area contributed by atoms with E-state index in [0.717, 1.165) is 25.1 Å². The maximum Gasteiger partial charge on any atom is 0.137 e. The van der Waals surface area contributed by atoms with Gasteiger partial charge in [-0.1, -0.05) is 11.6 Å². The van der Waals surface area contributed by atoms with E-state index in [9.17, 15) is 0 Å².